The number of hydrogen-bond acceptors (Lipinski definition) is 9. The highest BCUT2D eigenvalue weighted by Gasteiger charge is 2.19. The molecule has 9 heteroatoms. The van der Waals surface area contributed by atoms with Gasteiger partial charge in [0, 0.05) is 16.2 Å². The van der Waals surface area contributed by atoms with Gasteiger partial charge >= 0.3 is 0 Å². The van der Waals surface area contributed by atoms with Crippen LogP contribution >= 0.6 is 0 Å². The van der Waals surface area contributed by atoms with Crippen molar-refractivity contribution < 1.29 is 0 Å². The second-order valence-electron chi connectivity index (χ2n) is 6.01. The SMILES string of the molecule is N#Cc1cc2c3cc(C#N)c(C#N)nc3c3nc(C#N)c(C#N)cc3c2nc1C#N. The molecule has 0 atom stereocenters. The maximum absolute atomic E-state index is 9.38. The molecule has 30 heavy (non-hydrogen) atoms. The Bertz CT molecular complexity index is 1350. The predicted octanol–water partition coefficient (Wildman–Crippen LogP) is 2.56. The Labute approximate surface area is 168 Å². The second kappa shape index (κ2) is 6.53. The molecule has 3 heterocycles. The molecule has 0 bridgehead atoms. The Morgan fingerprint density at radius 2 is 0.767 bits per heavy atom. The van der Waals surface area contributed by atoms with Crippen LogP contribution in [0, 0.1) is 68.0 Å². The summed E-state index contributed by atoms with van der Waals surface area (Å²) in [6.45, 7) is 0. The van der Waals surface area contributed by atoms with Crippen LogP contribution < -0.4 is 0 Å². The molecular formula is C21H3N9. The molecule has 4 aromatic rings. The molecule has 0 unspecified atom stereocenters. The Hall–Kier alpha value is -5.61. The fourth-order valence-corrected chi connectivity index (χ4v) is 3.21. The zero-order valence-corrected chi connectivity index (χ0v) is 14.8. The van der Waals surface area contributed by atoms with E-state index in [2.05, 4.69) is 15.0 Å². The van der Waals surface area contributed by atoms with Crippen LogP contribution in [0.2, 0.25) is 0 Å². The number of aromatic nitrogens is 3. The summed E-state index contributed by atoms with van der Waals surface area (Å²) in [5.41, 5.74) is 0.330. The molecule has 0 fully saturated rings. The minimum atomic E-state index is -0.135. The highest BCUT2D eigenvalue weighted by Crippen LogP contribution is 2.35. The van der Waals surface area contributed by atoms with Crippen molar-refractivity contribution in [3.63, 3.8) is 0 Å². The van der Waals surface area contributed by atoms with Gasteiger partial charge in [-0.05, 0) is 18.2 Å². The highest BCUT2D eigenvalue weighted by atomic mass is 14.8. The lowest BCUT2D eigenvalue weighted by Crippen LogP contribution is -2.00. The Morgan fingerprint density at radius 3 is 1.17 bits per heavy atom. The first kappa shape index (κ1) is 17.8. The lowest BCUT2D eigenvalue weighted by molar-refractivity contribution is 1.26. The molecule has 3 aromatic heterocycles. The van der Waals surface area contributed by atoms with E-state index in [4.69, 9.17) is 0 Å². The lowest BCUT2D eigenvalue weighted by Gasteiger charge is -2.11. The number of fused-ring (bicyclic) bond motifs is 6. The van der Waals surface area contributed by atoms with E-state index in [1.807, 2.05) is 36.4 Å². The molecule has 4 rings (SSSR count). The minimum Gasteiger partial charge on any atom is -0.235 e. The van der Waals surface area contributed by atoms with Crippen molar-refractivity contribution in [3.8, 4) is 36.4 Å². The number of rotatable bonds is 0. The predicted molar refractivity (Wildman–Crippen MR) is 101 cm³/mol. The van der Waals surface area contributed by atoms with E-state index < -0.39 is 0 Å². The normalized spacial score (nSPS) is 9.80. The van der Waals surface area contributed by atoms with Crippen LogP contribution in [0.5, 0.6) is 0 Å². The van der Waals surface area contributed by atoms with Gasteiger partial charge < -0.3 is 0 Å². The van der Waals surface area contributed by atoms with E-state index in [1.165, 1.54) is 18.2 Å². The van der Waals surface area contributed by atoms with Gasteiger partial charge in [0.1, 0.15) is 41.9 Å². The summed E-state index contributed by atoms with van der Waals surface area (Å²) in [4.78, 5) is 12.8. The molecule has 1 aromatic carbocycles. The van der Waals surface area contributed by atoms with Crippen LogP contribution in [0.4, 0.5) is 0 Å². The van der Waals surface area contributed by atoms with Gasteiger partial charge in [0.15, 0.2) is 17.1 Å². The topological polar surface area (TPSA) is 181 Å². The van der Waals surface area contributed by atoms with E-state index in [0.717, 1.165) is 0 Å². The summed E-state index contributed by atoms with van der Waals surface area (Å²) in [7, 11) is 0. The average molecular weight is 381 g/mol. The number of nitriles is 6. The molecule has 0 aliphatic heterocycles. The molecule has 132 valence electrons. The summed E-state index contributed by atoms with van der Waals surface area (Å²) in [6.07, 6.45) is 0. The monoisotopic (exact) mass is 381 g/mol. The van der Waals surface area contributed by atoms with Crippen LogP contribution in [0.3, 0.4) is 0 Å². The largest absolute Gasteiger partial charge is 0.235 e. The number of benzene rings is 1. The van der Waals surface area contributed by atoms with Gasteiger partial charge in [-0.1, -0.05) is 0 Å². The van der Waals surface area contributed by atoms with Crippen molar-refractivity contribution in [1.29, 1.82) is 31.6 Å². The van der Waals surface area contributed by atoms with Crippen LogP contribution in [0.15, 0.2) is 18.2 Å². The van der Waals surface area contributed by atoms with Crippen molar-refractivity contribution in [1.82, 2.24) is 15.0 Å². The third kappa shape index (κ3) is 2.32. The standard InChI is InChI=1S/C21H3N9/c22-4-10-1-13-14-2-11(5-23)17(8-26)29-20(14)21-15(19(13)28-16(10)7-25)3-12(6-24)18(9-27)30-21/h1-3H. The zero-order chi connectivity index (χ0) is 21.4. The van der Waals surface area contributed by atoms with E-state index in [1.54, 1.807) is 0 Å². The minimum absolute atomic E-state index is 0.00414. The maximum Gasteiger partial charge on any atom is 0.159 e. The molecule has 0 spiro atoms. The molecule has 0 N–H and O–H groups in total. The van der Waals surface area contributed by atoms with Crippen molar-refractivity contribution in [2.45, 2.75) is 0 Å². The number of nitrogens with zero attached hydrogens (tertiary/aromatic N) is 9. The van der Waals surface area contributed by atoms with Crippen molar-refractivity contribution in [3.05, 3.63) is 52.0 Å². The first-order chi connectivity index (χ1) is 14.6. The van der Waals surface area contributed by atoms with E-state index in [-0.39, 0.29) is 50.3 Å². The van der Waals surface area contributed by atoms with Crippen LogP contribution in [-0.2, 0) is 0 Å². The summed E-state index contributed by atoms with van der Waals surface area (Å²) >= 11 is 0. The molecule has 0 aliphatic carbocycles. The Balaban J connectivity index is 2.42. The number of pyridine rings is 3. The van der Waals surface area contributed by atoms with Crippen LogP contribution in [0.1, 0.15) is 33.8 Å². The van der Waals surface area contributed by atoms with Gasteiger partial charge in [-0.15, -0.1) is 0 Å². The van der Waals surface area contributed by atoms with Crippen molar-refractivity contribution >= 4 is 32.7 Å². The molecule has 0 radical (unpaired) electrons. The maximum atomic E-state index is 9.38. The quantitative estimate of drug-likeness (QED) is 0.413. The molecular weight excluding hydrogens is 378 g/mol. The molecule has 9 nitrogen and oxygen atoms in total. The van der Waals surface area contributed by atoms with E-state index >= 15 is 0 Å². The van der Waals surface area contributed by atoms with Gasteiger partial charge in [-0.25, -0.2) is 15.0 Å². The number of hydrogen-bond donors (Lipinski definition) is 0. The third-order valence-electron chi connectivity index (χ3n) is 4.52. The van der Waals surface area contributed by atoms with E-state index in [9.17, 15) is 31.6 Å². The molecule has 0 saturated carbocycles. The van der Waals surface area contributed by atoms with Gasteiger partial charge in [0.2, 0.25) is 0 Å². The Morgan fingerprint density at radius 1 is 0.433 bits per heavy atom. The fourth-order valence-electron chi connectivity index (χ4n) is 3.21. The molecule has 0 saturated heterocycles. The summed E-state index contributed by atoms with van der Waals surface area (Å²) in [5, 5.41) is 57.3. The fraction of sp³-hybridized carbons (Fsp3) is 0. The lowest BCUT2D eigenvalue weighted by atomic mass is 9.98. The first-order valence-electron chi connectivity index (χ1n) is 8.17. The van der Waals surface area contributed by atoms with Gasteiger partial charge in [-0.2, -0.15) is 31.6 Å². The smallest absolute Gasteiger partial charge is 0.159 e. The molecule has 0 aliphatic rings. The van der Waals surface area contributed by atoms with Gasteiger partial charge in [0.05, 0.1) is 27.7 Å². The third-order valence-corrected chi connectivity index (χ3v) is 4.52. The molecule has 0 amide bonds. The van der Waals surface area contributed by atoms with E-state index in [0.29, 0.717) is 16.2 Å². The first-order valence-corrected chi connectivity index (χ1v) is 8.17. The van der Waals surface area contributed by atoms with Crippen molar-refractivity contribution in [2.75, 3.05) is 0 Å². The van der Waals surface area contributed by atoms with Gasteiger partial charge in [0.25, 0.3) is 0 Å². The Kier molecular flexibility index (Phi) is 3.87. The highest BCUT2D eigenvalue weighted by molar-refractivity contribution is 6.22. The van der Waals surface area contributed by atoms with Crippen molar-refractivity contribution in [2.24, 2.45) is 0 Å². The summed E-state index contributed by atoms with van der Waals surface area (Å²) in [5.74, 6) is 0. The van der Waals surface area contributed by atoms with Gasteiger partial charge in [-0.3, -0.25) is 0 Å². The van der Waals surface area contributed by atoms with Crippen LogP contribution in [-0.4, -0.2) is 15.0 Å². The zero-order valence-electron chi connectivity index (χ0n) is 14.8. The second-order valence-corrected chi connectivity index (χ2v) is 6.01. The average Bonchev–Trinajstić information content (AvgIpc) is 2.81. The summed E-state index contributed by atoms with van der Waals surface area (Å²) < 4.78 is 0. The summed E-state index contributed by atoms with van der Waals surface area (Å²) in [6, 6.07) is 15.6. The van der Waals surface area contributed by atoms with Crippen LogP contribution in [0.25, 0.3) is 32.7 Å².